The van der Waals surface area contributed by atoms with Crippen molar-refractivity contribution in [2.24, 2.45) is 0 Å². The van der Waals surface area contributed by atoms with Gasteiger partial charge in [-0.3, -0.25) is 0 Å². The van der Waals surface area contributed by atoms with E-state index >= 15 is 0 Å². The fourth-order valence-corrected chi connectivity index (χ4v) is 1.80. The molecule has 4 heteroatoms. The highest BCUT2D eigenvalue weighted by atomic mass is 16.7. The second-order valence-electron chi connectivity index (χ2n) is 3.96. The number of hydrogen-bond donors (Lipinski definition) is 0. The summed E-state index contributed by atoms with van der Waals surface area (Å²) in [5, 5.41) is 0. The Morgan fingerprint density at radius 2 is 2.18 bits per heavy atom. The van der Waals surface area contributed by atoms with E-state index < -0.39 is 0 Å². The molecule has 0 radical (unpaired) electrons. The average Bonchev–Trinajstić information content (AvgIpc) is 2.76. The van der Waals surface area contributed by atoms with Crippen molar-refractivity contribution in [1.29, 1.82) is 0 Å². The van der Waals surface area contributed by atoms with Crippen LogP contribution in [0.1, 0.15) is 25.7 Å². The van der Waals surface area contributed by atoms with Crippen molar-refractivity contribution >= 4 is 0 Å². The molecule has 2 atom stereocenters. The van der Waals surface area contributed by atoms with Crippen molar-refractivity contribution in [2.45, 2.75) is 26.2 Å². The van der Waals surface area contributed by atoms with Crippen molar-refractivity contribution in [3.63, 3.8) is 0 Å². The van der Waals surface area contributed by atoms with Gasteiger partial charge in [-0.1, -0.05) is 6.07 Å². The van der Waals surface area contributed by atoms with Gasteiger partial charge in [0.15, 0.2) is 17.8 Å². The van der Waals surface area contributed by atoms with Gasteiger partial charge in [-0.15, -0.1) is 0 Å². The number of ether oxygens (including phenoxy) is 4. The molecule has 1 aliphatic rings. The van der Waals surface area contributed by atoms with Crippen molar-refractivity contribution in [3.05, 3.63) is 23.8 Å². The maximum Gasteiger partial charge on any atom is 0.184 e. The lowest BCUT2D eigenvalue weighted by molar-refractivity contribution is -0.0573. The Hall–Kier alpha value is -1.26. The minimum Gasteiger partial charge on any atom is -0.493 e. The lowest BCUT2D eigenvalue weighted by Crippen LogP contribution is -2.03. The second kappa shape index (κ2) is 5.38. The van der Waals surface area contributed by atoms with E-state index in [0.29, 0.717) is 13.2 Å². The smallest absolute Gasteiger partial charge is 0.184 e. The zero-order valence-corrected chi connectivity index (χ0v) is 10.4. The van der Waals surface area contributed by atoms with E-state index in [1.165, 1.54) is 0 Å². The largest absolute Gasteiger partial charge is 0.493 e. The number of benzene rings is 1. The molecule has 0 saturated carbocycles. The summed E-state index contributed by atoms with van der Waals surface area (Å²) in [7, 11) is 1.63. The Balaban J connectivity index is 2.20. The number of hydrogen-bond acceptors (Lipinski definition) is 4. The van der Waals surface area contributed by atoms with E-state index in [0.717, 1.165) is 17.1 Å². The predicted molar refractivity (Wildman–Crippen MR) is 63.4 cm³/mol. The van der Waals surface area contributed by atoms with Crippen LogP contribution in [0, 0.1) is 0 Å². The average molecular weight is 238 g/mol. The maximum atomic E-state index is 5.64. The monoisotopic (exact) mass is 238 g/mol. The first kappa shape index (κ1) is 12.2. The van der Waals surface area contributed by atoms with Crippen LogP contribution in [-0.4, -0.2) is 26.4 Å². The van der Waals surface area contributed by atoms with E-state index in [1.54, 1.807) is 7.11 Å². The van der Waals surface area contributed by atoms with E-state index in [2.05, 4.69) is 0 Å². The first-order chi connectivity index (χ1) is 8.24. The van der Waals surface area contributed by atoms with Crippen molar-refractivity contribution in [2.75, 3.05) is 20.3 Å². The maximum absolute atomic E-state index is 5.64. The summed E-state index contributed by atoms with van der Waals surface area (Å²) in [4.78, 5) is 0. The van der Waals surface area contributed by atoms with Gasteiger partial charge in [-0.25, -0.2) is 0 Å². The van der Waals surface area contributed by atoms with Gasteiger partial charge in [0.25, 0.3) is 0 Å². The van der Waals surface area contributed by atoms with Crippen LogP contribution < -0.4 is 9.47 Å². The van der Waals surface area contributed by atoms with E-state index in [1.807, 2.05) is 32.0 Å². The van der Waals surface area contributed by atoms with Crippen molar-refractivity contribution < 1.29 is 18.9 Å². The standard InChI is InChI=1S/C13H18O4/c1-4-15-12-7-10(5-6-11(12)14-3)13-16-8-9(2)17-13/h5-7,9,13H,4,8H2,1-3H3/t9-,13+/m0/s1. The summed E-state index contributed by atoms with van der Waals surface area (Å²) in [6.45, 7) is 5.16. The molecule has 0 N–H and O–H groups in total. The van der Waals surface area contributed by atoms with Gasteiger partial charge in [0.1, 0.15) is 0 Å². The first-order valence-electron chi connectivity index (χ1n) is 5.82. The van der Waals surface area contributed by atoms with Crippen LogP contribution in [0.5, 0.6) is 11.5 Å². The molecule has 1 aromatic carbocycles. The molecule has 1 aliphatic heterocycles. The number of methoxy groups -OCH3 is 1. The Bertz CT molecular complexity index is 378. The molecule has 17 heavy (non-hydrogen) atoms. The fourth-order valence-electron chi connectivity index (χ4n) is 1.80. The Morgan fingerprint density at radius 1 is 1.35 bits per heavy atom. The minimum atomic E-state index is -0.296. The fraction of sp³-hybridized carbons (Fsp3) is 0.538. The van der Waals surface area contributed by atoms with Crippen LogP contribution in [0.25, 0.3) is 0 Å². The molecule has 1 heterocycles. The van der Waals surface area contributed by atoms with Crippen LogP contribution in [0.4, 0.5) is 0 Å². The van der Waals surface area contributed by atoms with Gasteiger partial charge >= 0.3 is 0 Å². The molecule has 1 fully saturated rings. The van der Waals surface area contributed by atoms with Crippen LogP contribution in [0.3, 0.4) is 0 Å². The molecule has 1 aromatic rings. The van der Waals surface area contributed by atoms with Crippen LogP contribution in [0.2, 0.25) is 0 Å². The zero-order valence-electron chi connectivity index (χ0n) is 10.4. The normalized spacial score (nSPS) is 23.7. The van der Waals surface area contributed by atoms with Gasteiger partial charge in [-0.05, 0) is 26.0 Å². The molecule has 0 spiro atoms. The second-order valence-corrected chi connectivity index (χ2v) is 3.96. The van der Waals surface area contributed by atoms with Crippen LogP contribution >= 0.6 is 0 Å². The predicted octanol–water partition coefficient (Wildman–Crippen LogP) is 2.53. The molecule has 0 amide bonds. The van der Waals surface area contributed by atoms with E-state index in [4.69, 9.17) is 18.9 Å². The summed E-state index contributed by atoms with van der Waals surface area (Å²) in [6.07, 6.45) is -0.159. The van der Waals surface area contributed by atoms with Crippen LogP contribution in [0.15, 0.2) is 18.2 Å². The zero-order chi connectivity index (χ0) is 12.3. The SMILES string of the molecule is CCOc1cc([C@@H]2OC[C@H](C)O2)ccc1OC. The summed E-state index contributed by atoms with van der Waals surface area (Å²) in [5.41, 5.74) is 0.957. The minimum absolute atomic E-state index is 0.137. The highest BCUT2D eigenvalue weighted by Gasteiger charge is 2.24. The third kappa shape index (κ3) is 2.70. The Kier molecular flexibility index (Phi) is 3.86. The van der Waals surface area contributed by atoms with Crippen LogP contribution in [-0.2, 0) is 9.47 Å². The Labute approximate surface area is 101 Å². The molecular formula is C13H18O4. The van der Waals surface area contributed by atoms with Gasteiger partial charge < -0.3 is 18.9 Å². The summed E-state index contributed by atoms with van der Waals surface area (Å²) in [5.74, 6) is 1.45. The molecule has 94 valence electrons. The van der Waals surface area contributed by atoms with Crippen molar-refractivity contribution in [3.8, 4) is 11.5 Å². The lowest BCUT2D eigenvalue weighted by Gasteiger charge is -2.14. The van der Waals surface area contributed by atoms with E-state index in [9.17, 15) is 0 Å². The first-order valence-corrected chi connectivity index (χ1v) is 5.82. The lowest BCUT2D eigenvalue weighted by atomic mass is 10.2. The molecule has 1 saturated heterocycles. The topological polar surface area (TPSA) is 36.9 Å². The quantitative estimate of drug-likeness (QED) is 0.807. The van der Waals surface area contributed by atoms with Gasteiger partial charge in [0.05, 0.1) is 26.4 Å². The van der Waals surface area contributed by atoms with Gasteiger partial charge in [0.2, 0.25) is 0 Å². The molecule has 0 unspecified atom stereocenters. The Morgan fingerprint density at radius 3 is 2.76 bits per heavy atom. The highest BCUT2D eigenvalue weighted by Crippen LogP contribution is 2.34. The third-order valence-electron chi connectivity index (χ3n) is 2.60. The third-order valence-corrected chi connectivity index (χ3v) is 2.60. The van der Waals surface area contributed by atoms with Gasteiger partial charge in [-0.2, -0.15) is 0 Å². The number of rotatable bonds is 4. The summed E-state index contributed by atoms with van der Waals surface area (Å²) >= 11 is 0. The van der Waals surface area contributed by atoms with Gasteiger partial charge in [0, 0.05) is 5.56 Å². The molecule has 0 aromatic heterocycles. The molecule has 4 nitrogen and oxygen atoms in total. The van der Waals surface area contributed by atoms with E-state index in [-0.39, 0.29) is 12.4 Å². The molecular weight excluding hydrogens is 220 g/mol. The summed E-state index contributed by atoms with van der Waals surface area (Å²) < 4.78 is 21.9. The highest BCUT2D eigenvalue weighted by molar-refractivity contribution is 5.43. The summed E-state index contributed by atoms with van der Waals surface area (Å²) in [6, 6.07) is 5.71. The molecule has 0 bridgehead atoms. The molecule has 2 rings (SSSR count). The van der Waals surface area contributed by atoms with Crippen molar-refractivity contribution in [1.82, 2.24) is 0 Å². The molecule has 0 aliphatic carbocycles.